The van der Waals surface area contributed by atoms with Crippen LogP contribution in [0.5, 0.6) is 0 Å². The van der Waals surface area contributed by atoms with E-state index in [4.69, 9.17) is 0 Å². The SMILES string of the molecule is N#CCSc1nc(=O)c2c(n1CC1CCCCC1)-c1ccccc1CC21CCCCC1. The molecule has 5 heteroatoms. The molecule has 1 spiro atoms. The van der Waals surface area contributed by atoms with E-state index in [1.165, 1.54) is 74.3 Å². The van der Waals surface area contributed by atoms with Gasteiger partial charge in [0.2, 0.25) is 0 Å². The molecule has 0 bridgehead atoms. The third kappa shape index (κ3) is 3.84. The zero-order chi connectivity index (χ0) is 21.3. The number of rotatable bonds is 4. The van der Waals surface area contributed by atoms with Crippen LogP contribution in [-0.4, -0.2) is 15.3 Å². The van der Waals surface area contributed by atoms with Crippen molar-refractivity contribution in [3.05, 3.63) is 45.7 Å². The predicted octanol–water partition coefficient (Wildman–Crippen LogP) is 5.86. The van der Waals surface area contributed by atoms with E-state index in [9.17, 15) is 10.1 Å². The quantitative estimate of drug-likeness (QED) is 0.447. The molecule has 4 nitrogen and oxygen atoms in total. The number of nitrogens with zero attached hydrogens (tertiary/aromatic N) is 3. The molecule has 0 amide bonds. The van der Waals surface area contributed by atoms with Gasteiger partial charge < -0.3 is 4.57 Å². The Morgan fingerprint density at radius 2 is 1.84 bits per heavy atom. The van der Waals surface area contributed by atoms with Gasteiger partial charge in [-0.15, -0.1) is 0 Å². The number of fused-ring (bicyclic) bond motifs is 4. The van der Waals surface area contributed by atoms with Crippen LogP contribution in [0.1, 0.15) is 75.3 Å². The van der Waals surface area contributed by atoms with Crippen LogP contribution in [0.25, 0.3) is 11.3 Å². The van der Waals surface area contributed by atoms with Crippen molar-refractivity contribution < 1.29 is 0 Å². The molecule has 0 aliphatic heterocycles. The van der Waals surface area contributed by atoms with E-state index in [2.05, 4.69) is 39.9 Å². The van der Waals surface area contributed by atoms with E-state index in [-0.39, 0.29) is 11.0 Å². The number of benzene rings is 1. The molecule has 2 saturated carbocycles. The third-order valence-electron chi connectivity index (χ3n) is 7.72. The molecule has 3 aliphatic rings. The fourth-order valence-electron chi connectivity index (χ4n) is 6.31. The van der Waals surface area contributed by atoms with Gasteiger partial charge in [-0.1, -0.05) is 74.6 Å². The Labute approximate surface area is 189 Å². The highest BCUT2D eigenvalue weighted by Gasteiger charge is 2.43. The largest absolute Gasteiger partial charge is 0.319 e. The van der Waals surface area contributed by atoms with E-state index in [1.54, 1.807) is 0 Å². The van der Waals surface area contributed by atoms with E-state index < -0.39 is 0 Å². The van der Waals surface area contributed by atoms with Crippen molar-refractivity contribution >= 4 is 11.8 Å². The highest BCUT2D eigenvalue weighted by Crippen LogP contribution is 2.49. The molecular formula is C26H31N3OS. The maximum atomic E-state index is 13.6. The first-order valence-corrected chi connectivity index (χ1v) is 12.9. The van der Waals surface area contributed by atoms with Crippen LogP contribution >= 0.6 is 11.8 Å². The Morgan fingerprint density at radius 1 is 1.10 bits per heavy atom. The summed E-state index contributed by atoms with van der Waals surface area (Å²) in [4.78, 5) is 18.2. The molecule has 1 heterocycles. The van der Waals surface area contributed by atoms with Gasteiger partial charge in [0.25, 0.3) is 5.56 Å². The third-order valence-corrected chi connectivity index (χ3v) is 8.57. The summed E-state index contributed by atoms with van der Waals surface area (Å²) in [5.74, 6) is 0.947. The summed E-state index contributed by atoms with van der Waals surface area (Å²) in [6, 6.07) is 10.9. The topological polar surface area (TPSA) is 58.7 Å². The van der Waals surface area contributed by atoms with Gasteiger partial charge in [-0.05, 0) is 43.6 Å². The second-order valence-electron chi connectivity index (χ2n) is 9.66. The van der Waals surface area contributed by atoms with Crippen LogP contribution in [-0.2, 0) is 18.4 Å². The molecule has 162 valence electrons. The van der Waals surface area contributed by atoms with Crippen LogP contribution in [0.15, 0.2) is 34.2 Å². The van der Waals surface area contributed by atoms with Crippen molar-refractivity contribution in [2.45, 2.75) is 87.7 Å². The first kappa shape index (κ1) is 20.8. The molecule has 5 rings (SSSR count). The van der Waals surface area contributed by atoms with Gasteiger partial charge in [-0.3, -0.25) is 4.79 Å². The van der Waals surface area contributed by atoms with E-state index >= 15 is 0 Å². The molecule has 3 aliphatic carbocycles. The van der Waals surface area contributed by atoms with Crippen LogP contribution in [0, 0.1) is 17.2 Å². The Kier molecular flexibility index (Phi) is 5.93. The minimum absolute atomic E-state index is 0.0493. The fourth-order valence-corrected chi connectivity index (χ4v) is 6.97. The van der Waals surface area contributed by atoms with Gasteiger partial charge in [0.05, 0.1) is 23.1 Å². The fraction of sp³-hybridized carbons (Fsp3) is 0.577. The standard InChI is InChI=1S/C26H31N3OS/c27-15-16-31-25-28-24(30)22-23(29(25)18-19-9-3-1-4-10-19)21-12-6-5-11-20(21)17-26(22)13-7-2-8-14-26/h5-6,11-12,19H,1-4,7-10,13-14,16-18H2. The minimum atomic E-state index is -0.0707. The maximum absolute atomic E-state index is 13.6. The van der Waals surface area contributed by atoms with Gasteiger partial charge >= 0.3 is 0 Å². The lowest BCUT2D eigenvalue weighted by Crippen LogP contribution is -2.42. The number of thioether (sulfide) groups is 1. The molecule has 1 aromatic heterocycles. The first-order valence-electron chi connectivity index (χ1n) is 12.0. The first-order chi connectivity index (χ1) is 15.2. The molecule has 0 unspecified atom stereocenters. The Bertz CT molecular complexity index is 1060. The smallest absolute Gasteiger partial charge is 0.278 e. The molecule has 2 aromatic rings. The van der Waals surface area contributed by atoms with E-state index in [1.807, 2.05) is 0 Å². The van der Waals surface area contributed by atoms with E-state index in [0.29, 0.717) is 11.7 Å². The minimum Gasteiger partial charge on any atom is -0.319 e. The van der Waals surface area contributed by atoms with Crippen molar-refractivity contribution in [3.8, 4) is 17.3 Å². The predicted molar refractivity (Wildman–Crippen MR) is 125 cm³/mol. The van der Waals surface area contributed by atoms with Gasteiger partial charge in [-0.25, -0.2) is 0 Å². The van der Waals surface area contributed by atoms with Crippen molar-refractivity contribution in [1.82, 2.24) is 9.55 Å². The number of hydrogen-bond acceptors (Lipinski definition) is 4. The zero-order valence-electron chi connectivity index (χ0n) is 18.2. The average Bonchev–Trinajstić information content (AvgIpc) is 2.80. The van der Waals surface area contributed by atoms with Gasteiger partial charge in [0.1, 0.15) is 0 Å². The summed E-state index contributed by atoms with van der Waals surface area (Å²) in [6.07, 6.45) is 13.2. The number of hydrogen-bond donors (Lipinski definition) is 0. The second kappa shape index (κ2) is 8.82. The Balaban J connectivity index is 1.73. The molecular weight excluding hydrogens is 402 g/mol. The molecule has 0 radical (unpaired) electrons. The molecule has 0 saturated heterocycles. The maximum Gasteiger partial charge on any atom is 0.278 e. The van der Waals surface area contributed by atoms with Crippen molar-refractivity contribution in [2.75, 3.05) is 5.75 Å². The second-order valence-corrected chi connectivity index (χ2v) is 10.6. The summed E-state index contributed by atoms with van der Waals surface area (Å²) >= 11 is 1.42. The Morgan fingerprint density at radius 3 is 2.61 bits per heavy atom. The summed E-state index contributed by atoms with van der Waals surface area (Å²) in [5.41, 5.74) is 4.56. The molecule has 2 fully saturated rings. The van der Waals surface area contributed by atoms with Crippen molar-refractivity contribution in [2.24, 2.45) is 5.92 Å². The zero-order valence-corrected chi connectivity index (χ0v) is 19.1. The van der Waals surface area contributed by atoms with Crippen LogP contribution in [0.2, 0.25) is 0 Å². The van der Waals surface area contributed by atoms with E-state index in [0.717, 1.165) is 42.2 Å². The normalized spacial score (nSPS) is 20.1. The monoisotopic (exact) mass is 433 g/mol. The Hall–Kier alpha value is -2.06. The van der Waals surface area contributed by atoms with Gasteiger partial charge in [0.15, 0.2) is 5.16 Å². The highest BCUT2D eigenvalue weighted by molar-refractivity contribution is 7.99. The summed E-state index contributed by atoms with van der Waals surface area (Å²) < 4.78 is 2.35. The number of aromatic nitrogens is 2. The summed E-state index contributed by atoms with van der Waals surface area (Å²) in [7, 11) is 0. The summed E-state index contributed by atoms with van der Waals surface area (Å²) in [6.45, 7) is 0.911. The van der Waals surface area contributed by atoms with Gasteiger partial charge in [-0.2, -0.15) is 10.2 Å². The van der Waals surface area contributed by atoms with Crippen LogP contribution < -0.4 is 5.56 Å². The molecule has 0 N–H and O–H groups in total. The summed E-state index contributed by atoms with van der Waals surface area (Å²) in [5, 5.41) is 9.95. The van der Waals surface area contributed by atoms with Crippen molar-refractivity contribution in [1.29, 1.82) is 5.26 Å². The lowest BCUT2D eigenvalue weighted by molar-refractivity contribution is 0.276. The average molecular weight is 434 g/mol. The molecule has 1 aromatic carbocycles. The lowest BCUT2D eigenvalue weighted by Gasteiger charge is -2.43. The van der Waals surface area contributed by atoms with Gasteiger partial charge in [0, 0.05) is 17.5 Å². The molecule has 0 atom stereocenters. The van der Waals surface area contributed by atoms with Crippen LogP contribution in [0.4, 0.5) is 0 Å². The lowest BCUT2D eigenvalue weighted by atomic mass is 9.62. The number of nitriles is 1. The van der Waals surface area contributed by atoms with Crippen LogP contribution in [0.3, 0.4) is 0 Å². The van der Waals surface area contributed by atoms with Crippen molar-refractivity contribution in [3.63, 3.8) is 0 Å². The molecule has 31 heavy (non-hydrogen) atoms. The highest BCUT2D eigenvalue weighted by atomic mass is 32.2.